The molecule has 0 unspecified atom stereocenters. The van der Waals surface area contributed by atoms with E-state index in [1.807, 2.05) is 18.2 Å². The summed E-state index contributed by atoms with van der Waals surface area (Å²) in [6.07, 6.45) is -0.850. The van der Waals surface area contributed by atoms with Crippen LogP contribution in [0.5, 0.6) is 0 Å². The molecule has 2 aromatic rings. The van der Waals surface area contributed by atoms with Crippen LogP contribution in [0.25, 0.3) is 10.2 Å². The highest BCUT2D eigenvalue weighted by Crippen LogP contribution is 2.30. The van der Waals surface area contributed by atoms with E-state index in [1.54, 1.807) is 11.3 Å². The lowest BCUT2D eigenvalue weighted by Gasteiger charge is -2.32. The maximum atomic E-state index is 10.9. The van der Waals surface area contributed by atoms with Gasteiger partial charge in [0, 0.05) is 31.9 Å². The molecular weight excluding hydrogens is 264 g/mol. The van der Waals surface area contributed by atoms with Gasteiger partial charge in [-0.05, 0) is 18.2 Å². The van der Waals surface area contributed by atoms with E-state index in [0.717, 1.165) is 21.0 Å². The van der Waals surface area contributed by atoms with Gasteiger partial charge in [0.15, 0.2) is 5.13 Å². The number of hydrogen-bond acceptors (Lipinski definition) is 5. The highest BCUT2D eigenvalue weighted by Gasteiger charge is 2.22. The van der Waals surface area contributed by atoms with Crippen molar-refractivity contribution in [3.8, 4) is 0 Å². The fourth-order valence-corrected chi connectivity index (χ4v) is 3.22. The van der Waals surface area contributed by atoms with E-state index < -0.39 is 6.09 Å². The topological polar surface area (TPSA) is 82.7 Å². The number of thiazole rings is 1. The molecule has 0 bridgehead atoms. The van der Waals surface area contributed by atoms with E-state index in [0.29, 0.717) is 26.2 Å². The molecule has 6 nitrogen and oxygen atoms in total. The maximum absolute atomic E-state index is 10.9. The largest absolute Gasteiger partial charge is 0.465 e. The predicted molar refractivity (Wildman–Crippen MR) is 75.8 cm³/mol. The van der Waals surface area contributed by atoms with Crippen LogP contribution in [0.3, 0.4) is 0 Å². The number of aromatic nitrogens is 1. The van der Waals surface area contributed by atoms with Crippen molar-refractivity contribution in [2.75, 3.05) is 36.8 Å². The number of carboxylic acid groups (broad SMARTS) is 1. The van der Waals surface area contributed by atoms with Gasteiger partial charge < -0.3 is 20.6 Å². The van der Waals surface area contributed by atoms with Crippen molar-refractivity contribution in [2.24, 2.45) is 0 Å². The summed E-state index contributed by atoms with van der Waals surface area (Å²) in [6, 6.07) is 5.68. The van der Waals surface area contributed by atoms with Crippen LogP contribution in [0.4, 0.5) is 15.6 Å². The number of fused-ring (bicyclic) bond motifs is 1. The molecule has 100 valence electrons. The summed E-state index contributed by atoms with van der Waals surface area (Å²) in [5.41, 5.74) is 7.43. The maximum Gasteiger partial charge on any atom is 0.407 e. The third kappa shape index (κ3) is 2.28. The molecule has 0 saturated carbocycles. The number of nitrogens with zero attached hydrogens (tertiary/aromatic N) is 3. The second kappa shape index (κ2) is 4.58. The number of hydrogen-bond donors (Lipinski definition) is 2. The summed E-state index contributed by atoms with van der Waals surface area (Å²) in [5.74, 6) is 0. The fraction of sp³-hybridized carbons (Fsp3) is 0.333. The van der Waals surface area contributed by atoms with Crippen LogP contribution in [-0.2, 0) is 0 Å². The average Bonchev–Trinajstić information content (AvgIpc) is 2.81. The minimum atomic E-state index is -0.850. The van der Waals surface area contributed by atoms with Gasteiger partial charge in [-0.1, -0.05) is 11.3 Å². The Kier molecular flexibility index (Phi) is 2.90. The van der Waals surface area contributed by atoms with Crippen molar-refractivity contribution >= 4 is 38.5 Å². The van der Waals surface area contributed by atoms with E-state index in [9.17, 15) is 4.79 Å². The molecule has 3 N–H and O–H groups in total. The van der Waals surface area contributed by atoms with Gasteiger partial charge in [-0.25, -0.2) is 9.78 Å². The first-order valence-electron chi connectivity index (χ1n) is 6.02. The van der Waals surface area contributed by atoms with Crippen LogP contribution in [0.2, 0.25) is 0 Å². The number of benzene rings is 1. The van der Waals surface area contributed by atoms with Crippen molar-refractivity contribution in [1.82, 2.24) is 9.88 Å². The Hall–Kier alpha value is -2.02. The quantitative estimate of drug-likeness (QED) is 0.775. The summed E-state index contributed by atoms with van der Waals surface area (Å²) in [6.45, 7) is 2.41. The summed E-state index contributed by atoms with van der Waals surface area (Å²) in [5, 5.41) is 9.86. The molecule has 1 fully saturated rings. The number of nitrogens with two attached hydrogens (primary N) is 1. The highest BCUT2D eigenvalue weighted by atomic mass is 32.1. The zero-order valence-electron chi connectivity index (χ0n) is 10.2. The lowest BCUT2D eigenvalue weighted by Crippen LogP contribution is -2.48. The summed E-state index contributed by atoms with van der Waals surface area (Å²) >= 11 is 1.60. The molecule has 0 atom stereocenters. The minimum Gasteiger partial charge on any atom is -0.465 e. The van der Waals surface area contributed by atoms with Crippen LogP contribution in [0, 0.1) is 0 Å². The van der Waals surface area contributed by atoms with E-state index in [2.05, 4.69) is 9.88 Å². The number of rotatable bonds is 1. The molecule has 3 rings (SSSR count). The van der Waals surface area contributed by atoms with Gasteiger partial charge in [0.05, 0.1) is 10.2 Å². The number of piperazine rings is 1. The molecule has 2 heterocycles. The first kappa shape index (κ1) is 12.0. The molecule has 1 aromatic heterocycles. The molecule has 1 saturated heterocycles. The van der Waals surface area contributed by atoms with E-state index in [4.69, 9.17) is 10.8 Å². The number of anilines is 2. The van der Waals surface area contributed by atoms with Gasteiger partial charge in [0.1, 0.15) is 0 Å². The van der Waals surface area contributed by atoms with Crippen molar-refractivity contribution in [1.29, 1.82) is 0 Å². The van der Waals surface area contributed by atoms with Gasteiger partial charge in [0.2, 0.25) is 0 Å². The summed E-state index contributed by atoms with van der Waals surface area (Å²) in [7, 11) is 0. The van der Waals surface area contributed by atoms with Crippen LogP contribution in [0.15, 0.2) is 18.2 Å². The average molecular weight is 278 g/mol. The molecule has 1 aromatic carbocycles. The second-order valence-corrected chi connectivity index (χ2v) is 5.49. The van der Waals surface area contributed by atoms with Gasteiger partial charge in [-0.2, -0.15) is 0 Å². The summed E-state index contributed by atoms with van der Waals surface area (Å²) in [4.78, 5) is 19.0. The zero-order valence-corrected chi connectivity index (χ0v) is 11.1. The number of carbonyl (C=O) groups is 1. The van der Waals surface area contributed by atoms with Gasteiger partial charge in [-0.15, -0.1) is 0 Å². The molecule has 0 radical (unpaired) electrons. The first-order valence-corrected chi connectivity index (χ1v) is 6.84. The molecule has 1 aliphatic heterocycles. The molecule has 0 aliphatic carbocycles. The Bertz CT molecular complexity index is 619. The Morgan fingerprint density at radius 3 is 2.74 bits per heavy atom. The standard InChI is InChI=1S/C12H14N4O2S/c13-8-1-2-9-10(7-8)19-11(14-9)15-3-5-16(6-4-15)12(17)18/h1-2,7H,3-6,13H2,(H,17,18). The lowest BCUT2D eigenvalue weighted by molar-refractivity contribution is 0.142. The van der Waals surface area contributed by atoms with Crippen molar-refractivity contribution in [2.45, 2.75) is 0 Å². The Morgan fingerprint density at radius 2 is 2.05 bits per heavy atom. The van der Waals surface area contributed by atoms with Gasteiger partial charge >= 0.3 is 6.09 Å². The molecule has 1 aliphatic rings. The number of nitrogen functional groups attached to an aromatic ring is 1. The summed E-state index contributed by atoms with van der Waals surface area (Å²) < 4.78 is 1.07. The smallest absolute Gasteiger partial charge is 0.407 e. The predicted octanol–water partition coefficient (Wildman–Crippen LogP) is 1.68. The van der Waals surface area contributed by atoms with Crippen molar-refractivity contribution in [3.05, 3.63) is 18.2 Å². The van der Waals surface area contributed by atoms with Gasteiger partial charge in [-0.3, -0.25) is 0 Å². The molecule has 1 amide bonds. The second-order valence-electron chi connectivity index (χ2n) is 4.48. The molecule has 0 spiro atoms. The van der Waals surface area contributed by atoms with Crippen LogP contribution < -0.4 is 10.6 Å². The van der Waals surface area contributed by atoms with Crippen LogP contribution in [-0.4, -0.2) is 47.3 Å². The van der Waals surface area contributed by atoms with Crippen LogP contribution in [0.1, 0.15) is 0 Å². The Labute approximate surface area is 114 Å². The Balaban J connectivity index is 1.80. The highest BCUT2D eigenvalue weighted by molar-refractivity contribution is 7.22. The minimum absolute atomic E-state index is 0.521. The fourth-order valence-electron chi connectivity index (χ4n) is 2.15. The van der Waals surface area contributed by atoms with Gasteiger partial charge in [0.25, 0.3) is 0 Å². The molecular formula is C12H14N4O2S. The third-order valence-corrected chi connectivity index (χ3v) is 4.30. The molecule has 7 heteroatoms. The van der Waals surface area contributed by atoms with E-state index >= 15 is 0 Å². The lowest BCUT2D eigenvalue weighted by atomic mass is 10.3. The Morgan fingerprint density at radius 1 is 1.32 bits per heavy atom. The van der Waals surface area contributed by atoms with E-state index in [-0.39, 0.29) is 0 Å². The van der Waals surface area contributed by atoms with E-state index in [1.165, 1.54) is 4.90 Å². The monoisotopic (exact) mass is 278 g/mol. The molecule has 19 heavy (non-hydrogen) atoms. The normalized spacial score (nSPS) is 16.0. The van der Waals surface area contributed by atoms with Crippen molar-refractivity contribution in [3.63, 3.8) is 0 Å². The third-order valence-electron chi connectivity index (χ3n) is 3.22. The number of amides is 1. The SMILES string of the molecule is Nc1ccc2nc(N3CCN(C(=O)O)CC3)sc2c1. The van der Waals surface area contributed by atoms with Crippen molar-refractivity contribution < 1.29 is 9.90 Å². The van der Waals surface area contributed by atoms with Crippen LogP contribution >= 0.6 is 11.3 Å². The first-order chi connectivity index (χ1) is 9.13. The zero-order chi connectivity index (χ0) is 13.4.